The van der Waals surface area contributed by atoms with Gasteiger partial charge in [0.15, 0.2) is 5.75 Å². The van der Waals surface area contributed by atoms with Crippen molar-refractivity contribution in [2.75, 3.05) is 27.4 Å². The van der Waals surface area contributed by atoms with E-state index in [1.807, 2.05) is 18.8 Å². The Hall–Kier alpha value is -1.33. The lowest BCUT2D eigenvalue weighted by Crippen LogP contribution is -2.42. The van der Waals surface area contributed by atoms with E-state index in [4.69, 9.17) is 19.0 Å². The van der Waals surface area contributed by atoms with Crippen molar-refractivity contribution in [3.05, 3.63) is 29.3 Å². The zero-order chi connectivity index (χ0) is 17.6. The van der Waals surface area contributed by atoms with Gasteiger partial charge in [0.25, 0.3) is 0 Å². The number of rotatable bonds is 4. The third kappa shape index (κ3) is 2.63. The molecule has 0 saturated carbocycles. The molecular formula is C18H24NO5P. The van der Waals surface area contributed by atoms with Crippen molar-refractivity contribution in [1.29, 1.82) is 0 Å². The molecule has 0 amide bonds. The summed E-state index contributed by atoms with van der Waals surface area (Å²) < 4.78 is 17.2. The van der Waals surface area contributed by atoms with E-state index >= 15 is 0 Å². The molecular weight excluding hydrogens is 341 g/mol. The minimum absolute atomic E-state index is 0.0918. The van der Waals surface area contributed by atoms with Crippen LogP contribution < -0.4 is 14.4 Å². The Morgan fingerprint density at radius 1 is 1.44 bits per heavy atom. The summed E-state index contributed by atoms with van der Waals surface area (Å²) in [6.45, 7) is 3.67. The highest BCUT2D eigenvalue weighted by atomic mass is 31.1. The number of methoxy groups -OCH3 is 1. The lowest BCUT2D eigenvalue weighted by Gasteiger charge is -2.35. The smallest absolute Gasteiger partial charge is 0.211 e. The third-order valence-corrected chi connectivity index (χ3v) is 5.67. The zero-order valence-corrected chi connectivity index (χ0v) is 15.7. The van der Waals surface area contributed by atoms with Gasteiger partial charge in [-0.2, -0.15) is 4.67 Å². The van der Waals surface area contributed by atoms with Gasteiger partial charge in [0, 0.05) is 18.5 Å². The number of hydrogen-bond acceptors (Lipinski definition) is 6. The fraction of sp³-hybridized carbons (Fsp3) is 0.556. The molecule has 4 unspecified atom stereocenters. The van der Waals surface area contributed by atoms with Crippen LogP contribution in [0.15, 0.2) is 18.2 Å². The van der Waals surface area contributed by atoms with Crippen LogP contribution in [-0.2, 0) is 16.6 Å². The predicted molar refractivity (Wildman–Crippen MR) is 95.8 cm³/mol. The molecule has 2 heterocycles. The van der Waals surface area contributed by atoms with Crippen molar-refractivity contribution in [3.63, 3.8) is 0 Å². The number of nitrogens with zero attached hydrogens (tertiary/aromatic N) is 1. The summed E-state index contributed by atoms with van der Waals surface area (Å²) in [4.78, 5) is 7.78. The Morgan fingerprint density at radius 2 is 2.28 bits per heavy atom. The highest BCUT2D eigenvalue weighted by Crippen LogP contribution is 2.58. The maximum absolute atomic E-state index is 10.1. The number of benzene rings is 1. The first-order valence-electron chi connectivity index (χ1n) is 8.56. The fourth-order valence-corrected chi connectivity index (χ4v) is 4.48. The van der Waals surface area contributed by atoms with Crippen LogP contribution in [0.4, 0.5) is 0 Å². The number of hydrogen-bond donors (Lipinski definition) is 1. The summed E-state index contributed by atoms with van der Waals surface area (Å²) >= 11 is 0. The Labute approximate surface area is 149 Å². The van der Waals surface area contributed by atoms with E-state index in [1.165, 1.54) is 5.56 Å². The number of ether oxygens (including phenoxy) is 2. The lowest BCUT2D eigenvalue weighted by atomic mass is 9.69. The summed E-state index contributed by atoms with van der Waals surface area (Å²) in [5, 5.41) is 10.1. The Morgan fingerprint density at radius 3 is 3.04 bits per heavy atom. The van der Waals surface area contributed by atoms with E-state index in [0.717, 1.165) is 30.8 Å². The molecule has 3 aliphatic rings. The molecule has 25 heavy (non-hydrogen) atoms. The van der Waals surface area contributed by atoms with Gasteiger partial charge in [-0.05, 0) is 38.3 Å². The van der Waals surface area contributed by atoms with E-state index in [9.17, 15) is 5.11 Å². The van der Waals surface area contributed by atoms with E-state index in [2.05, 4.69) is 18.0 Å². The molecule has 0 saturated heterocycles. The quantitative estimate of drug-likeness (QED) is 0.383. The SMILES string of the molecule is COc1c(OOPC)cc2c3c1OC1CC(O)C=CC31CCN(C)C2. The molecule has 1 aromatic rings. The number of aliphatic hydroxyl groups is 1. The van der Waals surface area contributed by atoms with Gasteiger partial charge in [-0.1, -0.05) is 12.2 Å². The lowest BCUT2D eigenvalue weighted by molar-refractivity contribution is -0.0856. The van der Waals surface area contributed by atoms with E-state index < -0.39 is 6.10 Å². The highest BCUT2D eigenvalue weighted by molar-refractivity contribution is 7.31. The van der Waals surface area contributed by atoms with Crippen molar-refractivity contribution in [2.45, 2.75) is 37.0 Å². The van der Waals surface area contributed by atoms with Gasteiger partial charge < -0.3 is 24.4 Å². The Balaban J connectivity index is 1.91. The first-order valence-corrected chi connectivity index (χ1v) is 9.97. The standard InChI is InChI=1S/C18H24NO5P/c1-19-7-6-18-5-4-12(20)9-14(18)22-17-15(18)11(10-19)8-13(16(17)21-2)23-24-25-3/h4-5,8,12,14,20,25H,6-7,9-10H2,1-3H3. The Kier molecular flexibility index (Phi) is 4.40. The molecule has 1 N–H and O–H groups in total. The molecule has 6 nitrogen and oxygen atoms in total. The van der Waals surface area contributed by atoms with Crippen molar-refractivity contribution in [1.82, 2.24) is 4.90 Å². The topological polar surface area (TPSA) is 60.4 Å². The zero-order valence-electron chi connectivity index (χ0n) is 14.7. The maximum atomic E-state index is 10.1. The molecule has 4 atom stereocenters. The van der Waals surface area contributed by atoms with Crippen LogP contribution in [0, 0.1) is 0 Å². The molecule has 1 spiro atoms. The summed E-state index contributed by atoms with van der Waals surface area (Å²) in [5.74, 6) is 1.84. The molecule has 1 aliphatic carbocycles. The average molecular weight is 365 g/mol. The normalized spacial score (nSPS) is 30.7. The Bertz CT molecular complexity index is 709. The summed E-state index contributed by atoms with van der Waals surface area (Å²) in [6.07, 6.45) is 5.02. The first kappa shape index (κ1) is 17.1. The summed E-state index contributed by atoms with van der Waals surface area (Å²) in [6, 6.07) is 2.01. The number of aliphatic hydroxyl groups excluding tert-OH is 1. The van der Waals surface area contributed by atoms with Crippen molar-refractivity contribution >= 4 is 8.81 Å². The van der Waals surface area contributed by atoms with Crippen molar-refractivity contribution in [2.24, 2.45) is 0 Å². The van der Waals surface area contributed by atoms with Crippen LogP contribution in [0.1, 0.15) is 24.0 Å². The van der Waals surface area contributed by atoms with Gasteiger partial charge in [-0.25, -0.2) is 0 Å². The second kappa shape index (κ2) is 6.44. The minimum atomic E-state index is -0.472. The van der Waals surface area contributed by atoms with Crippen LogP contribution in [0.5, 0.6) is 17.2 Å². The van der Waals surface area contributed by atoms with Crippen molar-refractivity contribution in [3.8, 4) is 17.2 Å². The van der Waals surface area contributed by atoms with Gasteiger partial charge >= 0.3 is 0 Å². The molecule has 1 aromatic carbocycles. The molecule has 4 rings (SSSR count). The van der Waals surface area contributed by atoms with Crippen LogP contribution >= 0.6 is 8.81 Å². The average Bonchev–Trinajstić information content (AvgIpc) is 2.85. The van der Waals surface area contributed by atoms with Crippen LogP contribution in [0.2, 0.25) is 0 Å². The van der Waals surface area contributed by atoms with Gasteiger partial charge in [-0.3, -0.25) is 0 Å². The van der Waals surface area contributed by atoms with Crippen LogP contribution in [0.25, 0.3) is 0 Å². The monoisotopic (exact) mass is 365 g/mol. The molecule has 7 heteroatoms. The van der Waals surface area contributed by atoms with E-state index in [-0.39, 0.29) is 20.3 Å². The first-order chi connectivity index (χ1) is 12.1. The van der Waals surface area contributed by atoms with Gasteiger partial charge in [0.1, 0.15) is 6.10 Å². The van der Waals surface area contributed by atoms with Gasteiger partial charge in [-0.15, -0.1) is 0 Å². The van der Waals surface area contributed by atoms with E-state index in [0.29, 0.717) is 17.9 Å². The van der Waals surface area contributed by atoms with Crippen LogP contribution in [0.3, 0.4) is 0 Å². The van der Waals surface area contributed by atoms with Gasteiger partial charge in [0.05, 0.1) is 27.4 Å². The fourth-order valence-electron chi connectivity index (χ4n) is 4.31. The maximum Gasteiger partial charge on any atom is 0.211 e. The van der Waals surface area contributed by atoms with Crippen molar-refractivity contribution < 1.29 is 24.1 Å². The second-order valence-corrected chi connectivity index (χ2v) is 7.51. The minimum Gasteiger partial charge on any atom is -0.490 e. The van der Waals surface area contributed by atoms with Crippen LogP contribution in [-0.4, -0.2) is 49.6 Å². The molecule has 136 valence electrons. The summed E-state index contributed by atoms with van der Waals surface area (Å²) in [5.41, 5.74) is 2.12. The molecule has 0 radical (unpaired) electrons. The summed E-state index contributed by atoms with van der Waals surface area (Å²) in [7, 11) is 3.95. The molecule has 2 aliphatic heterocycles. The molecule has 0 bridgehead atoms. The molecule has 0 aromatic heterocycles. The second-order valence-electron chi connectivity index (χ2n) is 6.94. The van der Waals surface area contributed by atoms with E-state index in [1.54, 1.807) is 7.11 Å². The molecule has 0 fully saturated rings. The largest absolute Gasteiger partial charge is 0.490 e. The highest BCUT2D eigenvalue weighted by Gasteiger charge is 2.53. The third-order valence-electron chi connectivity index (χ3n) is 5.42. The predicted octanol–water partition coefficient (Wildman–Crippen LogP) is 2.38. The van der Waals surface area contributed by atoms with Gasteiger partial charge in [0.2, 0.25) is 11.5 Å².